The molecule has 0 saturated heterocycles. The molecule has 0 saturated carbocycles. The van der Waals surface area contributed by atoms with Gasteiger partial charge in [0.2, 0.25) is 0 Å². The summed E-state index contributed by atoms with van der Waals surface area (Å²) in [5, 5.41) is 8.74. The lowest BCUT2D eigenvalue weighted by atomic mass is 10.0. The Bertz CT molecular complexity index is 245. The molecule has 0 unspecified atom stereocenters. The van der Waals surface area contributed by atoms with E-state index in [0.29, 0.717) is 0 Å². The normalized spacial score (nSPS) is 11.6. The molecule has 0 N–H and O–H groups in total. The Morgan fingerprint density at radius 1 is 1.18 bits per heavy atom. The topological polar surface area (TPSA) is 23.8 Å². The van der Waals surface area contributed by atoms with Crippen molar-refractivity contribution in [1.82, 2.24) is 0 Å². The lowest BCUT2D eigenvalue weighted by Crippen LogP contribution is -1.86. The molecule has 0 rings (SSSR count). The SMILES string of the molecule is CC(C)=C(C#N)/C(C)=C(/C)S. The van der Waals surface area contributed by atoms with Gasteiger partial charge in [0, 0.05) is 0 Å². The maximum absolute atomic E-state index is 8.74. The highest BCUT2D eigenvalue weighted by Crippen LogP contribution is 2.18. The van der Waals surface area contributed by atoms with E-state index in [1.54, 1.807) is 0 Å². The van der Waals surface area contributed by atoms with Crippen molar-refractivity contribution in [2.75, 3.05) is 0 Å². The molecular weight excluding hydrogens is 154 g/mol. The van der Waals surface area contributed by atoms with E-state index in [1.807, 2.05) is 27.7 Å². The number of hydrogen-bond donors (Lipinski definition) is 1. The predicted octanol–water partition coefficient (Wildman–Crippen LogP) is 3.07. The lowest BCUT2D eigenvalue weighted by Gasteiger charge is -2.02. The summed E-state index contributed by atoms with van der Waals surface area (Å²) >= 11 is 4.18. The summed E-state index contributed by atoms with van der Waals surface area (Å²) in [6, 6.07) is 2.16. The third kappa shape index (κ3) is 2.81. The molecule has 0 bridgehead atoms. The Morgan fingerprint density at radius 2 is 1.64 bits per heavy atom. The van der Waals surface area contributed by atoms with Crippen molar-refractivity contribution in [3.63, 3.8) is 0 Å². The Morgan fingerprint density at radius 3 is 1.73 bits per heavy atom. The van der Waals surface area contributed by atoms with Gasteiger partial charge in [0.1, 0.15) is 0 Å². The third-order valence-corrected chi connectivity index (χ3v) is 1.86. The van der Waals surface area contributed by atoms with Crippen molar-refractivity contribution >= 4 is 12.6 Å². The summed E-state index contributed by atoms with van der Waals surface area (Å²) in [6.07, 6.45) is 0. The second-order valence-corrected chi connectivity index (χ2v) is 3.37. The first-order valence-electron chi connectivity index (χ1n) is 3.45. The highest BCUT2D eigenvalue weighted by molar-refractivity contribution is 7.84. The predicted molar refractivity (Wildman–Crippen MR) is 51.3 cm³/mol. The lowest BCUT2D eigenvalue weighted by molar-refractivity contribution is 1.26. The molecule has 0 aromatic carbocycles. The first-order valence-corrected chi connectivity index (χ1v) is 3.89. The molecule has 0 amide bonds. The summed E-state index contributed by atoms with van der Waals surface area (Å²) in [7, 11) is 0. The van der Waals surface area contributed by atoms with Crippen molar-refractivity contribution in [2.45, 2.75) is 27.7 Å². The van der Waals surface area contributed by atoms with E-state index in [2.05, 4.69) is 18.7 Å². The number of thiol groups is 1. The molecule has 0 aliphatic carbocycles. The Hall–Kier alpha value is -0.680. The van der Waals surface area contributed by atoms with Gasteiger partial charge >= 0.3 is 0 Å². The smallest absolute Gasteiger partial charge is 0.0994 e. The molecule has 0 aliphatic heterocycles. The number of allylic oxidation sites excluding steroid dienone is 4. The van der Waals surface area contributed by atoms with Gasteiger partial charge in [-0.3, -0.25) is 0 Å². The molecule has 0 fully saturated rings. The maximum Gasteiger partial charge on any atom is 0.0994 e. The summed E-state index contributed by atoms with van der Waals surface area (Å²) in [5.74, 6) is 0. The molecule has 0 spiro atoms. The van der Waals surface area contributed by atoms with Crippen LogP contribution in [0.1, 0.15) is 27.7 Å². The fourth-order valence-corrected chi connectivity index (χ4v) is 0.863. The van der Waals surface area contributed by atoms with Crippen LogP contribution in [0, 0.1) is 11.3 Å². The molecule has 0 radical (unpaired) electrons. The van der Waals surface area contributed by atoms with Gasteiger partial charge in [-0.1, -0.05) is 5.57 Å². The first-order chi connectivity index (χ1) is 5.00. The van der Waals surface area contributed by atoms with Gasteiger partial charge in [-0.15, -0.1) is 12.6 Å². The zero-order chi connectivity index (χ0) is 9.02. The summed E-state index contributed by atoms with van der Waals surface area (Å²) in [4.78, 5) is 0.905. The Kier molecular flexibility index (Phi) is 3.99. The van der Waals surface area contributed by atoms with Crippen LogP contribution in [0.25, 0.3) is 0 Å². The fourth-order valence-electron chi connectivity index (χ4n) is 0.752. The van der Waals surface area contributed by atoms with Crippen LogP contribution in [0.2, 0.25) is 0 Å². The standard InChI is InChI=1S/C9H13NS/c1-6(2)9(5-10)7(3)8(4)11/h11H,1-4H3/b8-7-. The molecule has 0 atom stereocenters. The van der Waals surface area contributed by atoms with Crippen LogP contribution in [0.3, 0.4) is 0 Å². The highest BCUT2D eigenvalue weighted by atomic mass is 32.1. The fraction of sp³-hybridized carbons (Fsp3) is 0.444. The van der Waals surface area contributed by atoms with E-state index in [4.69, 9.17) is 5.26 Å². The van der Waals surface area contributed by atoms with Crippen LogP contribution in [0.4, 0.5) is 0 Å². The van der Waals surface area contributed by atoms with Crippen LogP contribution in [-0.4, -0.2) is 0 Å². The van der Waals surface area contributed by atoms with E-state index in [-0.39, 0.29) is 0 Å². The average Bonchev–Trinajstić information content (AvgIpc) is 1.88. The maximum atomic E-state index is 8.74. The zero-order valence-electron chi connectivity index (χ0n) is 7.39. The summed E-state index contributed by atoms with van der Waals surface area (Å²) in [6.45, 7) is 7.66. The molecule has 2 heteroatoms. The van der Waals surface area contributed by atoms with Crippen LogP contribution in [0.15, 0.2) is 21.6 Å². The summed E-state index contributed by atoms with van der Waals surface area (Å²) in [5.41, 5.74) is 2.76. The average molecular weight is 167 g/mol. The van der Waals surface area contributed by atoms with Gasteiger partial charge in [-0.2, -0.15) is 5.26 Å². The van der Waals surface area contributed by atoms with E-state index in [0.717, 1.165) is 21.6 Å². The molecule has 0 aromatic heterocycles. The second-order valence-electron chi connectivity index (χ2n) is 2.70. The van der Waals surface area contributed by atoms with Crippen molar-refractivity contribution in [3.8, 4) is 6.07 Å². The number of nitriles is 1. The first kappa shape index (κ1) is 10.3. The van der Waals surface area contributed by atoms with Crippen LogP contribution >= 0.6 is 12.6 Å². The minimum atomic E-state index is 0.748. The van der Waals surface area contributed by atoms with Crippen molar-refractivity contribution in [1.29, 1.82) is 5.26 Å². The van der Waals surface area contributed by atoms with Gasteiger partial charge in [0.05, 0.1) is 11.6 Å². The minimum absolute atomic E-state index is 0.748. The van der Waals surface area contributed by atoms with Crippen molar-refractivity contribution in [2.24, 2.45) is 0 Å². The molecule has 0 aromatic rings. The quantitative estimate of drug-likeness (QED) is 0.362. The molecule has 1 nitrogen and oxygen atoms in total. The Balaban J connectivity index is 5.05. The van der Waals surface area contributed by atoms with Crippen LogP contribution < -0.4 is 0 Å². The summed E-state index contributed by atoms with van der Waals surface area (Å²) < 4.78 is 0. The number of nitrogens with zero attached hydrogens (tertiary/aromatic N) is 1. The van der Waals surface area contributed by atoms with E-state index in [1.165, 1.54) is 0 Å². The highest BCUT2D eigenvalue weighted by Gasteiger charge is 2.01. The van der Waals surface area contributed by atoms with E-state index < -0.39 is 0 Å². The molecule has 0 aliphatic rings. The molecule has 11 heavy (non-hydrogen) atoms. The third-order valence-electron chi connectivity index (χ3n) is 1.53. The number of hydrogen-bond acceptors (Lipinski definition) is 2. The van der Waals surface area contributed by atoms with E-state index in [9.17, 15) is 0 Å². The van der Waals surface area contributed by atoms with Crippen LogP contribution in [-0.2, 0) is 0 Å². The molecular formula is C9H13NS. The van der Waals surface area contributed by atoms with E-state index >= 15 is 0 Å². The van der Waals surface area contributed by atoms with Gasteiger partial charge in [-0.25, -0.2) is 0 Å². The van der Waals surface area contributed by atoms with Crippen molar-refractivity contribution < 1.29 is 0 Å². The monoisotopic (exact) mass is 167 g/mol. The van der Waals surface area contributed by atoms with Gasteiger partial charge < -0.3 is 0 Å². The largest absolute Gasteiger partial charge is 0.192 e. The van der Waals surface area contributed by atoms with Gasteiger partial charge in [0.25, 0.3) is 0 Å². The van der Waals surface area contributed by atoms with Crippen LogP contribution in [0.5, 0.6) is 0 Å². The Labute approximate surface area is 73.8 Å². The minimum Gasteiger partial charge on any atom is -0.192 e. The molecule has 60 valence electrons. The number of rotatable bonds is 1. The molecule has 0 heterocycles. The van der Waals surface area contributed by atoms with Crippen molar-refractivity contribution in [3.05, 3.63) is 21.6 Å². The second kappa shape index (κ2) is 4.25. The zero-order valence-corrected chi connectivity index (χ0v) is 8.29. The van der Waals surface area contributed by atoms with Gasteiger partial charge in [0.15, 0.2) is 0 Å². The van der Waals surface area contributed by atoms with Gasteiger partial charge in [-0.05, 0) is 38.2 Å².